The highest BCUT2D eigenvalue weighted by atomic mass is 35.5. The van der Waals surface area contributed by atoms with E-state index in [1.165, 1.54) is 0 Å². The molecule has 1 aromatic carbocycles. The average Bonchev–Trinajstić information content (AvgIpc) is 3.43. The standard InChI is InChI=1S/C24H34ClFN4O.C2H6/c1-5-6-7-8-23-29(4)11-12-30(23)16-20-21(25)13-18(14-22(20)26)24(17(2)3)28-31-19-9-10-27-15-19;1-2/h6-8,13-14,19,27-28H,5,9-12,15-16H2,1-4H3;1-2H3/b7-6+,23-8+;. The third-order valence-corrected chi connectivity index (χ3v) is 6.00. The van der Waals surface area contributed by atoms with E-state index in [0.717, 1.165) is 56.1 Å². The van der Waals surface area contributed by atoms with E-state index in [2.05, 4.69) is 52.8 Å². The highest BCUT2D eigenvalue weighted by molar-refractivity contribution is 6.31. The molecule has 2 heterocycles. The van der Waals surface area contributed by atoms with Gasteiger partial charge in [0, 0.05) is 49.4 Å². The van der Waals surface area contributed by atoms with Gasteiger partial charge in [-0.2, -0.15) is 0 Å². The molecule has 0 saturated carbocycles. The molecule has 1 unspecified atom stereocenters. The molecule has 184 valence electrons. The molecule has 0 spiro atoms. The summed E-state index contributed by atoms with van der Waals surface area (Å²) in [5.74, 6) is 0.776. The first-order chi connectivity index (χ1) is 15.9. The summed E-state index contributed by atoms with van der Waals surface area (Å²) >= 11 is 6.59. The molecule has 33 heavy (non-hydrogen) atoms. The van der Waals surface area contributed by atoms with Gasteiger partial charge in [-0.3, -0.25) is 10.3 Å². The Morgan fingerprint density at radius 2 is 2.06 bits per heavy atom. The van der Waals surface area contributed by atoms with Crippen LogP contribution < -0.4 is 10.8 Å². The first kappa shape index (κ1) is 27.2. The summed E-state index contributed by atoms with van der Waals surface area (Å²) in [5.41, 5.74) is 6.01. The Labute approximate surface area is 204 Å². The van der Waals surface area contributed by atoms with Crippen LogP contribution in [0.3, 0.4) is 0 Å². The zero-order valence-electron chi connectivity index (χ0n) is 21.0. The van der Waals surface area contributed by atoms with Gasteiger partial charge in [0.05, 0.1) is 11.8 Å². The topological polar surface area (TPSA) is 39.8 Å². The fraction of sp³-hybridized carbons (Fsp3) is 0.538. The van der Waals surface area contributed by atoms with Gasteiger partial charge in [-0.15, -0.1) is 0 Å². The number of likely N-dealkylation sites (N-methyl/N-ethyl adjacent to an activating group) is 1. The second-order valence-electron chi connectivity index (χ2n) is 8.33. The molecule has 3 rings (SSSR count). The van der Waals surface area contributed by atoms with Crippen molar-refractivity contribution in [1.29, 1.82) is 0 Å². The highest BCUT2D eigenvalue weighted by Gasteiger charge is 2.24. The summed E-state index contributed by atoms with van der Waals surface area (Å²) in [7, 11) is 2.05. The van der Waals surface area contributed by atoms with E-state index in [1.807, 2.05) is 33.8 Å². The van der Waals surface area contributed by atoms with Crippen molar-refractivity contribution < 1.29 is 9.23 Å². The van der Waals surface area contributed by atoms with Crippen molar-refractivity contribution in [2.24, 2.45) is 0 Å². The quantitative estimate of drug-likeness (QED) is 0.469. The largest absolute Gasteiger partial charge is 0.360 e. The van der Waals surface area contributed by atoms with Crippen LogP contribution in [0.1, 0.15) is 58.6 Å². The zero-order chi connectivity index (χ0) is 24.4. The summed E-state index contributed by atoms with van der Waals surface area (Å²) in [6.45, 7) is 14.0. The number of hydrogen-bond acceptors (Lipinski definition) is 5. The summed E-state index contributed by atoms with van der Waals surface area (Å²) in [6.07, 6.45) is 8.28. The molecule has 2 fully saturated rings. The molecule has 7 heteroatoms. The van der Waals surface area contributed by atoms with Gasteiger partial charge >= 0.3 is 0 Å². The van der Waals surface area contributed by atoms with Crippen LogP contribution >= 0.6 is 11.6 Å². The van der Waals surface area contributed by atoms with Gasteiger partial charge in [0.2, 0.25) is 0 Å². The molecule has 2 saturated heterocycles. The zero-order valence-corrected chi connectivity index (χ0v) is 21.7. The number of halogens is 2. The Hall–Kier alpha value is -2.02. The second kappa shape index (κ2) is 13.6. The van der Waals surface area contributed by atoms with Crippen molar-refractivity contribution in [1.82, 2.24) is 20.6 Å². The third-order valence-electron chi connectivity index (χ3n) is 5.66. The van der Waals surface area contributed by atoms with Crippen LogP contribution in [0.4, 0.5) is 4.39 Å². The molecule has 0 radical (unpaired) electrons. The van der Waals surface area contributed by atoms with E-state index in [1.54, 1.807) is 6.07 Å². The Bertz CT molecular complexity index is 835. The molecular weight excluding hydrogens is 439 g/mol. The van der Waals surface area contributed by atoms with Crippen LogP contribution in [-0.2, 0) is 11.4 Å². The molecule has 1 atom stereocenters. The number of benzene rings is 1. The van der Waals surface area contributed by atoms with E-state index >= 15 is 4.39 Å². The summed E-state index contributed by atoms with van der Waals surface area (Å²) in [4.78, 5) is 10.2. The van der Waals surface area contributed by atoms with Gasteiger partial charge in [-0.1, -0.05) is 50.1 Å². The van der Waals surface area contributed by atoms with Crippen LogP contribution in [0.15, 0.2) is 41.8 Å². The Morgan fingerprint density at radius 3 is 2.67 bits per heavy atom. The SMILES string of the molecule is CC.CC/C=C/C=C1\N(C)CCN1Cc1c(F)cc(C(NOC2CCNC2)=C(C)C)cc1Cl. The monoisotopic (exact) mass is 478 g/mol. The van der Waals surface area contributed by atoms with Crippen LogP contribution in [0.2, 0.25) is 5.02 Å². The minimum absolute atomic E-state index is 0.105. The number of allylic oxidation sites excluding steroid dienone is 4. The van der Waals surface area contributed by atoms with Crippen LogP contribution in [0.5, 0.6) is 0 Å². The lowest BCUT2D eigenvalue weighted by molar-refractivity contribution is 0.0169. The summed E-state index contributed by atoms with van der Waals surface area (Å²) < 4.78 is 15.2. The second-order valence-corrected chi connectivity index (χ2v) is 8.74. The fourth-order valence-electron chi connectivity index (χ4n) is 3.83. The number of nitrogens with one attached hydrogen (secondary N) is 2. The lowest BCUT2D eigenvalue weighted by Gasteiger charge is -2.23. The van der Waals surface area contributed by atoms with Gasteiger partial charge in [0.15, 0.2) is 0 Å². The van der Waals surface area contributed by atoms with Crippen LogP contribution in [0.25, 0.3) is 5.70 Å². The summed E-state index contributed by atoms with van der Waals surface area (Å²) in [5, 5.41) is 3.70. The lowest BCUT2D eigenvalue weighted by atomic mass is 10.0. The Morgan fingerprint density at radius 1 is 1.30 bits per heavy atom. The van der Waals surface area contributed by atoms with E-state index in [9.17, 15) is 0 Å². The van der Waals surface area contributed by atoms with Crippen molar-refractivity contribution in [2.75, 3.05) is 33.2 Å². The molecule has 0 bridgehead atoms. The molecule has 0 aliphatic carbocycles. The van der Waals surface area contributed by atoms with Gasteiger partial charge in [0.1, 0.15) is 11.6 Å². The van der Waals surface area contributed by atoms with Crippen molar-refractivity contribution >= 4 is 17.3 Å². The molecule has 5 nitrogen and oxygen atoms in total. The molecule has 2 N–H and O–H groups in total. The van der Waals surface area contributed by atoms with Gasteiger partial charge < -0.3 is 15.1 Å². The smallest absolute Gasteiger partial charge is 0.130 e. The van der Waals surface area contributed by atoms with E-state index in [-0.39, 0.29) is 11.9 Å². The van der Waals surface area contributed by atoms with Crippen molar-refractivity contribution in [3.05, 3.63) is 63.7 Å². The molecule has 2 aliphatic heterocycles. The van der Waals surface area contributed by atoms with Crippen molar-refractivity contribution in [3.8, 4) is 0 Å². The van der Waals surface area contributed by atoms with Crippen LogP contribution in [0, 0.1) is 5.82 Å². The lowest BCUT2D eigenvalue weighted by Crippen LogP contribution is -2.25. The highest BCUT2D eigenvalue weighted by Crippen LogP contribution is 2.30. The van der Waals surface area contributed by atoms with Gasteiger partial charge in [0.25, 0.3) is 0 Å². The normalized spacial score (nSPS) is 19.3. The van der Waals surface area contributed by atoms with Crippen LogP contribution in [-0.4, -0.2) is 49.1 Å². The third kappa shape index (κ3) is 7.49. The first-order valence-electron chi connectivity index (χ1n) is 12.0. The molecule has 1 aromatic rings. The molecule has 0 amide bonds. The predicted octanol–water partition coefficient (Wildman–Crippen LogP) is 5.69. The summed E-state index contributed by atoms with van der Waals surface area (Å²) in [6, 6.07) is 3.37. The maximum Gasteiger partial charge on any atom is 0.130 e. The molecule has 2 aliphatic rings. The average molecular weight is 479 g/mol. The fourth-order valence-corrected chi connectivity index (χ4v) is 4.10. The minimum atomic E-state index is -0.302. The predicted molar refractivity (Wildman–Crippen MR) is 137 cm³/mol. The minimum Gasteiger partial charge on any atom is -0.360 e. The number of rotatable bonds is 8. The molecule has 0 aromatic heterocycles. The Balaban J connectivity index is 0.00000187. The number of hydroxylamine groups is 1. The number of hydrogen-bond donors (Lipinski definition) is 2. The van der Waals surface area contributed by atoms with E-state index in [0.29, 0.717) is 22.7 Å². The number of nitrogens with zero attached hydrogens (tertiary/aromatic N) is 2. The maximum absolute atomic E-state index is 15.2. The van der Waals surface area contributed by atoms with Gasteiger partial charge in [-0.05, 0) is 51.4 Å². The van der Waals surface area contributed by atoms with E-state index < -0.39 is 0 Å². The molecular formula is C26H40ClFN4O. The van der Waals surface area contributed by atoms with E-state index in [4.69, 9.17) is 16.4 Å². The van der Waals surface area contributed by atoms with Crippen molar-refractivity contribution in [2.45, 2.75) is 60.1 Å². The Kier molecular flexibility index (Phi) is 11.2. The maximum atomic E-state index is 15.2. The van der Waals surface area contributed by atoms with Gasteiger partial charge in [-0.25, -0.2) is 4.39 Å². The first-order valence-corrected chi connectivity index (χ1v) is 12.4. The van der Waals surface area contributed by atoms with Crippen molar-refractivity contribution in [3.63, 3.8) is 0 Å².